The standard InChI is InChI=1S/C14H6FN5O/c15-11-2-1-7(3-8(11)4-16)12-9(5-17)13(19)20-14(21)10(12)6-18/h1-3H,(H3,19,20,21). The monoisotopic (exact) mass is 279 g/mol. The number of nitriles is 3. The van der Waals surface area contributed by atoms with Crippen LogP contribution in [0.4, 0.5) is 10.2 Å². The third-order valence-electron chi connectivity index (χ3n) is 2.84. The Kier molecular flexibility index (Phi) is 3.39. The average Bonchev–Trinajstić information content (AvgIpc) is 2.47. The summed E-state index contributed by atoms with van der Waals surface area (Å²) in [6.45, 7) is 0. The van der Waals surface area contributed by atoms with E-state index in [0.717, 1.165) is 12.1 Å². The summed E-state index contributed by atoms with van der Waals surface area (Å²) in [7, 11) is 0. The Hall–Kier alpha value is -3.63. The molecule has 21 heavy (non-hydrogen) atoms. The smallest absolute Gasteiger partial charge is 0.268 e. The second-order valence-corrected chi connectivity index (χ2v) is 4.02. The van der Waals surface area contributed by atoms with Crippen LogP contribution in [0.1, 0.15) is 16.7 Å². The number of nitrogens with one attached hydrogen (secondary N) is 1. The Morgan fingerprint density at radius 3 is 2.33 bits per heavy atom. The van der Waals surface area contributed by atoms with Crippen molar-refractivity contribution < 1.29 is 4.39 Å². The molecule has 0 fully saturated rings. The number of anilines is 1. The Morgan fingerprint density at radius 2 is 1.76 bits per heavy atom. The molecule has 6 nitrogen and oxygen atoms in total. The molecule has 0 atom stereocenters. The quantitative estimate of drug-likeness (QED) is 0.814. The van der Waals surface area contributed by atoms with E-state index in [1.54, 1.807) is 18.2 Å². The largest absolute Gasteiger partial charge is 0.384 e. The molecule has 2 rings (SSSR count). The van der Waals surface area contributed by atoms with Crippen LogP contribution in [0.25, 0.3) is 11.1 Å². The number of pyridine rings is 1. The normalized spacial score (nSPS) is 9.43. The minimum Gasteiger partial charge on any atom is -0.384 e. The van der Waals surface area contributed by atoms with E-state index in [0.29, 0.717) is 0 Å². The third kappa shape index (κ3) is 2.18. The highest BCUT2D eigenvalue weighted by Gasteiger charge is 2.19. The van der Waals surface area contributed by atoms with Crippen LogP contribution in [0.2, 0.25) is 0 Å². The highest BCUT2D eigenvalue weighted by atomic mass is 19.1. The molecule has 0 bridgehead atoms. The van der Waals surface area contributed by atoms with Gasteiger partial charge in [-0.1, -0.05) is 6.07 Å². The predicted molar refractivity (Wildman–Crippen MR) is 71.0 cm³/mol. The molecule has 0 radical (unpaired) electrons. The van der Waals surface area contributed by atoms with Gasteiger partial charge in [0.2, 0.25) is 0 Å². The average molecular weight is 279 g/mol. The van der Waals surface area contributed by atoms with Crippen molar-refractivity contribution in [1.82, 2.24) is 4.98 Å². The number of hydrogen-bond acceptors (Lipinski definition) is 5. The van der Waals surface area contributed by atoms with Crippen molar-refractivity contribution in [1.29, 1.82) is 15.8 Å². The molecule has 0 unspecified atom stereocenters. The number of halogens is 1. The molecule has 0 spiro atoms. The number of hydrogen-bond donors (Lipinski definition) is 2. The van der Waals surface area contributed by atoms with Crippen LogP contribution < -0.4 is 11.3 Å². The van der Waals surface area contributed by atoms with Crippen molar-refractivity contribution in [2.75, 3.05) is 5.73 Å². The van der Waals surface area contributed by atoms with E-state index in [4.69, 9.17) is 21.5 Å². The molecule has 1 aromatic carbocycles. The molecule has 1 aromatic heterocycles. The lowest BCUT2D eigenvalue weighted by atomic mass is 9.95. The van der Waals surface area contributed by atoms with E-state index >= 15 is 0 Å². The van der Waals surface area contributed by atoms with Gasteiger partial charge in [-0.3, -0.25) is 4.79 Å². The first-order chi connectivity index (χ1) is 10.0. The van der Waals surface area contributed by atoms with E-state index < -0.39 is 11.4 Å². The first kappa shape index (κ1) is 13.8. The van der Waals surface area contributed by atoms with Gasteiger partial charge >= 0.3 is 0 Å². The van der Waals surface area contributed by atoms with Gasteiger partial charge in [0.25, 0.3) is 5.56 Å². The number of aromatic nitrogens is 1. The molecule has 0 aliphatic heterocycles. The van der Waals surface area contributed by atoms with E-state index in [9.17, 15) is 9.18 Å². The number of H-pyrrole nitrogens is 1. The number of nitrogen functional groups attached to an aromatic ring is 1. The summed E-state index contributed by atoms with van der Waals surface area (Å²) >= 11 is 0. The molecule has 3 N–H and O–H groups in total. The number of aromatic amines is 1. The van der Waals surface area contributed by atoms with Gasteiger partial charge in [-0.2, -0.15) is 15.8 Å². The second kappa shape index (κ2) is 5.16. The Labute approximate surface area is 118 Å². The van der Waals surface area contributed by atoms with Crippen molar-refractivity contribution in [2.45, 2.75) is 0 Å². The van der Waals surface area contributed by atoms with Crippen molar-refractivity contribution in [3.8, 4) is 29.3 Å². The van der Waals surface area contributed by atoms with Gasteiger partial charge in [0.1, 0.15) is 41.0 Å². The summed E-state index contributed by atoms with van der Waals surface area (Å²) in [6, 6.07) is 8.58. The maximum atomic E-state index is 13.4. The maximum absolute atomic E-state index is 13.4. The Balaban J connectivity index is 2.94. The van der Waals surface area contributed by atoms with Gasteiger partial charge in [0.05, 0.1) is 5.56 Å². The summed E-state index contributed by atoms with van der Waals surface area (Å²) in [5.41, 5.74) is 4.29. The lowest BCUT2D eigenvalue weighted by Gasteiger charge is -2.09. The minimum atomic E-state index is -0.758. The number of benzene rings is 1. The van der Waals surface area contributed by atoms with E-state index in [1.807, 2.05) is 0 Å². The van der Waals surface area contributed by atoms with E-state index in [-0.39, 0.29) is 33.6 Å². The SMILES string of the molecule is N#Cc1cc(-c2c(C#N)c(N)[nH]c(=O)c2C#N)ccc1F. The van der Waals surface area contributed by atoms with Gasteiger partial charge in [0, 0.05) is 5.56 Å². The zero-order valence-corrected chi connectivity index (χ0v) is 10.4. The molecule has 0 aliphatic rings. The Bertz CT molecular complexity index is 925. The predicted octanol–water partition coefficient (Wildman–Crippen LogP) is 1.38. The summed E-state index contributed by atoms with van der Waals surface area (Å²) in [6.07, 6.45) is 0. The first-order valence-electron chi connectivity index (χ1n) is 5.59. The molecule has 0 aliphatic carbocycles. The van der Waals surface area contributed by atoms with E-state index in [1.165, 1.54) is 6.07 Å². The first-order valence-corrected chi connectivity index (χ1v) is 5.59. The van der Waals surface area contributed by atoms with E-state index in [2.05, 4.69) is 4.98 Å². The molecule has 1 heterocycles. The molecule has 100 valence electrons. The van der Waals surface area contributed by atoms with Crippen LogP contribution in [-0.4, -0.2) is 4.98 Å². The molecule has 2 aromatic rings. The Morgan fingerprint density at radius 1 is 1.10 bits per heavy atom. The summed E-state index contributed by atoms with van der Waals surface area (Å²) < 4.78 is 13.4. The van der Waals surface area contributed by atoms with Crippen LogP contribution >= 0.6 is 0 Å². The minimum absolute atomic E-state index is 0.0160. The van der Waals surface area contributed by atoms with Gasteiger partial charge in [-0.25, -0.2) is 4.39 Å². The van der Waals surface area contributed by atoms with Crippen LogP contribution in [0.15, 0.2) is 23.0 Å². The van der Waals surface area contributed by atoms with Gasteiger partial charge < -0.3 is 10.7 Å². The number of rotatable bonds is 1. The topological polar surface area (TPSA) is 130 Å². The molecule has 0 saturated carbocycles. The number of nitrogens with two attached hydrogens (primary N) is 1. The zero-order chi connectivity index (χ0) is 15.6. The third-order valence-corrected chi connectivity index (χ3v) is 2.84. The fourth-order valence-corrected chi connectivity index (χ4v) is 1.90. The summed E-state index contributed by atoms with van der Waals surface area (Å²) in [5, 5.41) is 27.1. The highest BCUT2D eigenvalue weighted by Crippen LogP contribution is 2.29. The molecule has 0 amide bonds. The summed E-state index contributed by atoms with van der Waals surface area (Å²) in [4.78, 5) is 13.9. The lowest BCUT2D eigenvalue weighted by Crippen LogP contribution is -2.16. The fraction of sp³-hybridized carbons (Fsp3) is 0. The van der Waals surface area contributed by atoms with Gasteiger partial charge in [0.15, 0.2) is 0 Å². The highest BCUT2D eigenvalue weighted by molar-refractivity contribution is 5.80. The molecular weight excluding hydrogens is 273 g/mol. The van der Waals surface area contributed by atoms with Crippen molar-refractivity contribution in [3.63, 3.8) is 0 Å². The van der Waals surface area contributed by atoms with Crippen LogP contribution in [0.5, 0.6) is 0 Å². The molecule has 7 heteroatoms. The van der Waals surface area contributed by atoms with Crippen molar-refractivity contribution in [3.05, 3.63) is 51.1 Å². The van der Waals surface area contributed by atoms with Gasteiger partial charge in [-0.15, -0.1) is 0 Å². The lowest BCUT2D eigenvalue weighted by molar-refractivity contribution is 0.624. The van der Waals surface area contributed by atoms with Crippen LogP contribution in [0.3, 0.4) is 0 Å². The molecule has 0 saturated heterocycles. The van der Waals surface area contributed by atoms with Crippen molar-refractivity contribution >= 4 is 5.82 Å². The zero-order valence-electron chi connectivity index (χ0n) is 10.4. The fourth-order valence-electron chi connectivity index (χ4n) is 1.90. The van der Waals surface area contributed by atoms with Gasteiger partial charge in [-0.05, 0) is 17.7 Å². The van der Waals surface area contributed by atoms with Crippen LogP contribution in [0, 0.1) is 39.8 Å². The van der Waals surface area contributed by atoms with Crippen molar-refractivity contribution in [2.24, 2.45) is 0 Å². The second-order valence-electron chi connectivity index (χ2n) is 4.02. The maximum Gasteiger partial charge on any atom is 0.268 e. The number of nitrogens with zero attached hydrogens (tertiary/aromatic N) is 3. The molecular formula is C14H6FN5O. The summed E-state index contributed by atoms with van der Waals surface area (Å²) in [5.74, 6) is -0.935. The van der Waals surface area contributed by atoms with Crippen LogP contribution in [-0.2, 0) is 0 Å².